The number of rotatable bonds is 5. The molecule has 0 aromatic heterocycles. The lowest BCUT2D eigenvalue weighted by molar-refractivity contribution is -0.137. The zero-order chi connectivity index (χ0) is 13.7. The molecule has 0 heterocycles. The van der Waals surface area contributed by atoms with Gasteiger partial charge in [0.25, 0.3) is 5.91 Å². The molecule has 0 aliphatic carbocycles. The zero-order valence-electron chi connectivity index (χ0n) is 10.4. The summed E-state index contributed by atoms with van der Waals surface area (Å²) >= 11 is 3.37. The summed E-state index contributed by atoms with van der Waals surface area (Å²) in [5, 5.41) is 8.55. The van der Waals surface area contributed by atoms with Gasteiger partial charge < -0.3 is 10.0 Å². The van der Waals surface area contributed by atoms with E-state index in [1.54, 1.807) is 18.0 Å². The van der Waals surface area contributed by atoms with E-state index in [9.17, 15) is 9.59 Å². The van der Waals surface area contributed by atoms with Crippen molar-refractivity contribution in [1.29, 1.82) is 0 Å². The molecule has 1 rings (SSSR count). The van der Waals surface area contributed by atoms with Crippen molar-refractivity contribution in [1.82, 2.24) is 4.90 Å². The molecule has 0 bridgehead atoms. The van der Waals surface area contributed by atoms with E-state index in [-0.39, 0.29) is 12.3 Å². The van der Waals surface area contributed by atoms with Crippen LogP contribution in [0.1, 0.15) is 28.8 Å². The van der Waals surface area contributed by atoms with Gasteiger partial charge in [0.05, 0.1) is 5.56 Å². The summed E-state index contributed by atoms with van der Waals surface area (Å²) in [6.07, 6.45) is 0.535. The number of aliphatic carboxylic acids is 1. The molecule has 1 aromatic rings. The van der Waals surface area contributed by atoms with Crippen molar-refractivity contribution >= 4 is 27.8 Å². The lowest BCUT2D eigenvalue weighted by atomic mass is 10.1. The lowest BCUT2D eigenvalue weighted by Gasteiger charge is -2.17. The molecule has 0 aliphatic rings. The van der Waals surface area contributed by atoms with Gasteiger partial charge in [-0.3, -0.25) is 9.59 Å². The van der Waals surface area contributed by atoms with Crippen molar-refractivity contribution in [2.24, 2.45) is 0 Å². The number of aryl methyl sites for hydroxylation is 1. The Bertz CT molecular complexity index is 460. The summed E-state index contributed by atoms with van der Waals surface area (Å²) in [5.74, 6) is -0.945. The van der Waals surface area contributed by atoms with Gasteiger partial charge in [-0.05, 0) is 47.0 Å². The Labute approximate surface area is 115 Å². The Morgan fingerprint density at radius 3 is 2.61 bits per heavy atom. The number of hydrogen-bond acceptors (Lipinski definition) is 2. The number of carbonyl (C=O) groups is 2. The highest BCUT2D eigenvalue weighted by molar-refractivity contribution is 9.10. The molecule has 1 aromatic carbocycles. The monoisotopic (exact) mass is 313 g/mol. The summed E-state index contributed by atoms with van der Waals surface area (Å²) in [6, 6.07) is 5.54. The van der Waals surface area contributed by atoms with Crippen molar-refractivity contribution in [3.8, 4) is 0 Å². The Morgan fingerprint density at radius 1 is 1.39 bits per heavy atom. The summed E-state index contributed by atoms with van der Waals surface area (Å²) in [7, 11) is 1.68. The van der Waals surface area contributed by atoms with Crippen LogP contribution in [0.2, 0.25) is 0 Å². The summed E-state index contributed by atoms with van der Waals surface area (Å²) in [4.78, 5) is 24.0. The molecule has 4 nitrogen and oxygen atoms in total. The first kappa shape index (κ1) is 14.7. The Balaban J connectivity index is 2.65. The molecule has 0 aliphatic heterocycles. The number of carboxylic acids is 1. The number of halogens is 1. The van der Waals surface area contributed by atoms with Crippen LogP contribution in [-0.4, -0.2) is 35.5 Å². The second kappa shape index (κ2) is 6.54. The largest absolute Gasteiger partial charge is 0.481 e. The Kier molecular flexibility index (Phi) is 5.34. The van der Waals surface area contributed by atoms with Crippen molar-refractivity contribution in [2.45, 2.75) is 19.8 Å². The normalized spacial score (nSPS) is 10.2. The van der Waals surface area contributed by atoms with Crippen LogP contribution in [0.4, 0.5) is 0 Å². The molecule has 0 spiro atoms. The van der Waals surface area contributed by atoms with E-state index < -0.39 is 5.97 Å². The van der Waals surface area contributed by atoms with Gasteiger partial charge in [-0.25, -0.2) is 0 Å². The molecule has 5 heteroatoms. The number of nitrogens with zero attached hydrogens (tertiary/aromatic N) is 1. The van der Waals surface area contributed by atoms with Crippen LogP contribution in [0, 0.1) is 6.92 Å². The second-order valence-electron chi connectivity index (χ2n) is 4.21. The minimum absolute atomic E-state index is 0.0761. The van der Waals surface area contributed by atoms with Crippen LogP contribution in [0.25, 0.3) is 0 Å². The van der Waals surface area contributed by atoms with Gasteiger partial charge in [-0.2, -0.15) is 0 Å². The van der Waals surface area contributed by atoms with Gasteiger partial charge in [-0.1, -0.05) is 6.07 Å². The fraction of sp³-hybridized carbons (Fsp3) is 0.385. The lowest BCUT2D eigenvalue weighted by Crippen LogP contribution is -2.28. The van der Waals surface area contributed by atoms with Gasteiger partial charge in [0.15, 0.2) is 0 Å². The number of hydrogen-bond donors (Lipinski definition) is 1. The highest BCUT2D eigenvalue weighted by Crippen LogP contribution is 2.19. The first-order chi connectivity index (χ1) is 8.41. The predicted molar refractivity (Wildman–Crippen MR) is 72.7 cm³/mol. The number of amides is 1. The number of benzene rings is 1. The Hall–Kier alpha value is -1.36. The molecule has 0 fully saturated rings. The van der Waals surface area contributed by atoms with Crippen LogP contribution in [0.3, 0.4) is 0 Å². The van der Waals surface area contributed by atoms with Gasteiger partial charge in [0.1, 0.15) is 0 Å². The zero-order valence-corrected chi connectivity index (χ0v) is 12.0. The fourth-order valence-corrected chi connectivity index (χ4v) is 2.23. The molecule has 0 unspecified atom stereocenters. The average Bonchev–Trinajstić information content (AvgIpc) is 2.27. The van der Waals surface area contributed by atoms with Crippen molar-refractivity contribution in [3.63, 3.8) is 0 Å². The molecule has 1 N–H and O–H groups in total. The van der Waals surface area contributed by atoms with Crippen molar-refractivity contribution in [3.05, 3.63) is 33.8 Å². The first-order valence-corrected chi connectivity index (χ1v) is 6.44. The molecule has 0 atom stereocenters. The highest BCUT2D eigenvalue weighted by atomic mass is 79.9. The molecule has 0 radical (unpaired) electrons. The second-order valence-corrected chi connectivity index (χ2v) is 5.06. The molecule has 0 saturated heterocycles. The van der Waals surface area contributed by atoms with Crippen LogP contribution in [0.5, 0.6) is 0 Å². The van der Waals surface area contributed by atoms with E-state index in [0.717, 1.165) is 10.0 Å². The molecular weight excluding hydrogens is 298 g/mol. The molecule has 1 amide bonds. The maximum atomic E-state index is 12.1. The summed E-state index contributed by atoms with van der Waals surface area (Å²) in [5.41, 5.74) is 1.67. The molecule has 98 valence electrons. The SMILES string of the molecule is Cc1ccc(C(=O)N(C)CCCC(=O)O)c(Br)c1. The van der Waals surface area contributed by atoms with Crippen molar-refractivity contribution in [2.75, 3.05) is 13.6 Å². The number of carboxylic acid groups (broad SMARTS) is 1. The maximum Gasteiger partial charge on any atom is 0.303 e. The van der Waals surface area contributed by atoms with E-state index in [1.807, 2.05) is 19.1 Å². The smallest absolute Gasteiger partial charge is 0.303 e. The average molecular weight is 314 g/mol. The minimum atomic E-state index is -0.840. The summed E-state index contributed by atoms with van der Waals surface area (Å²) in [6.45, 7) is 2.39. The fourth-order valence-electron chi connectivity index (χ4n) is 1.57. The summed E-state index contributed by atoms with van der Waals surface area (Å²) < 4.78 is 0.762. The van der Waals surface area contributed by atoms with Crippen LogP contribution >= 0.6 is 15.9 Å². The number of carbonyl (C=O) groups excluding carboxylic acids is 1. The van der Waals surface area contributed by atoms with Gasteiger partial charge in [0.2, 0.25) is 0 Å². The van der Waals surface area contributed by atoms with Crippen LogP contribution in [0.15, 0.2) is 22.7 Å². The minimum Gasteiger partial charge on any atom is -0.481 e. The van der Waals surface area contributed by atoms with E-state index in [2.05, 4.69) is 15.9 Å². The standard InChI is InChI=1S/C13H16BrNO3/c1-9-5-6-10(11(14)8-9)13(18)15(2)7-3-4-12(16)17/h5-6,8H,3-4,7H2,1-2H3,(H,16,17). The predicted octanol–water partition coefficient (Wildman–Crippen LogP) is 2.69. The van der Waals surface area contributed by atoms with Crippen molar-refractivity contribution < 1.29 is 14.7 Å². The first-order valence-electron chi connectivity index (χ1n) is 5.65. The van der Waals surface area contributed by atoms with Crippen LogP contribution < -0.4 is 0 Å². The van der Waals surface area contributed by atoms with E-state index in [0.29, 0.717) is 18.5 Å². The highest BCUT2D eigenvalue weighted by Gasteiger charge is 2.14. The van der Waals surface area contributed by atoms with Crippen LogP contribution in [-0.2, 0) is 4.79 Å². The molecule has 0 saturated carbocycles. The van der Waals surface area contributed by atoms with E-state index in [1.165, 1.54) is 0 Å². The quantitative estimate of drug-likeness (QED) is 0.909. The van der Waals surface area contributed by atoms with Gasteiger partial charge in [-0.15, -0.1) is 0 Å². The Morgan fingerprint density at radius 2 is 2.06 bits per heavy atom. The third-order valence-corrected chi connectivity index (χ3v) is 3.24. The van der Waals surface area contributed by atoms with E-state index >= 15 is 0 Å². The molecular formula is C13H16BrNO3. The topological polar surface area (TPSA) is 57.6 Å². The third-order valence-electron chi connectivity index (χ3n) is 2.59. The van der Waals surface area contributed by atoms with Gasteiger partial charge >= 0.3 is 5.97 Å². The third kappa shape index (κ3) is 4.14. The molecule has 18 heavy (non-hydrogen) atoms. The van der Waals surface area contributed by atoms with Gasteiger partial charge in [0, 0.05) is 24.5 Å². The van der Waals surface area contributed by atoms with E-state index in [4.69, 9.17) is 5.11 Å². The maximum absolute atomic E-state index is 12.1.